The van der Waals surface area contributed by atoms with Crippen LogP contribution in [0.1, 0.15) is 61.9 Å². The lowest BCUT2D eigenvalue weighted by atomic mass is 10.2. The Morgan fingerprint density at radius 1 is 1.40 bits per heavy atom. The Balaban J connectivity index is 1.70. The van der Waals surface area contributed by atoms with Crippen molar-refractivity contribution in [1.82, 2.24) is 25.4 Å². The third kappa shape index (κ3) is 2.85. The minimum Gasteiger partial charge on any atom is -0.331 e. The van der Waals surface area contributed by atoms with Gasteiger partial charge >= 0.3 is 0 Å². The van der Waals surface area contributed by atoms with Gasteiger partial charge in [0.05, 0.1) is 0 Å². The van der Waals surface area contributed by atoms with E-state index in [1.807, 2.05) is 18.7 Å². The van der Waals surface area contributed by atoms with Crippen LogP contribution in [0, 0.1) is 0 Å². The fourth-order valence-electron chi connectivity index (χ4n) is 2.69. The summed E-state index contributed by atoms with van der Waals surface area (Å²) in [6.45, 7) is 5.93. The molecule has 0 aromatic carbocycles. The number of hydrogen-bond acceptors (Lipinski definition) is 4. The van der Waals surface area contributed by atoms with E-state index in [2.05, 4.69) is 20.5 Å². The number of carbonyl (C=O) groups excluding carboxylic acids is 1. The standard InChI is InChI=1S/C14H23N5O/c1-9(2)12-16-13(18-17-12)14(20)19(11-5-6-11)8-10-4-3-7-15-10/h9-11,15H,3-8H2,1-2H3,(H,16,17,18). The largest absolute Gasteiger partial charge is 0.331 e. The number of rotatable bonds is 5. The van der Waals surface area contributed by atoms with Gasteiger partial charge in [-0.1, -0.05) is 13.8 Å². The number of aromatic nitrogens is 3. The van der Waals surface area contributed by atoms with Crippen LogP contribution in [0.15, 0.2) is 0 Å². The van der Waals surface area contributed by atoms with Gasteiger partial charge in [-0.05, 0) is 32.2 Å². The normalized spacial score (nSPS) is 22.4. The first kappa shape index (κ1) is 13.5. The molecule has 1 saturated heterocycles. The highest BCUT2D eigenvalue weighted by Gasteiger charge is 2.36. The summed E-state index contributed by atoms with van der Waals surface area (Å²) in [6, 6.07) is 0.828. The maximum absolute atomic E-state index is 12.6. The third-order valence-corrected chi connectivity index (χ3v) is 4.07. The van der Waals surface area contributed by atoms with Crippen molar-refractivity contribution in [2.45, 2.75) is 57.5 Å². The molecule has 2 aliphatic rings. The van der Waals surface area contributed by atoms with Crippen molar-refractivity contribution in [1.29, 1.82) is 0 Å². The first-order valence-electron chi connectivity index (χ1n) is 7.62. The molecular formula is C14H23N5O. The molecular weight excluding hydrogens is 254 g/mol. The van der Waals surface area contributed by atoms with E-state index in [4.69, 9.17) is 0 Å². The maximum atomic E-state index is 12.6. The van der Waals surface area contributed by atoms with Crippen molar-refractivity contribution < 1.29 is 4.79 Å². The van der Waals surface area contributed by atoms with Gasteiger partial charge in [0.2, 0.25) is 5.82 Å². The van der Waals surface area contributed by atoms with Crippen LogP contribution in [-0.4, -0.2) is 51.2 Å². The van der Waals surface area contributed by atoms with E-state index in [1.165, 1.54) is 6.42 Å². The summed E-state index contributed by atoms with van der Waals surface area (Å²) >= 11 is 0. The van der Waals surface area contributed by atoms with Crippen molar-refractivity contribution in [2.24, 2.45) is 0 Å². The molecule has 0 bridgehead atoms. The fourth-order valence-corrected chi connectivity index (χ4v) is 2.69. The second kappa shape index (κ2) is 5.52. The van der Waals surface area contributed by atoms with Crippen molar-refractivity contribution in [2.75, 3.05) is 13.1 Å². The zero-order valence-corrected chi connectivity index (χ0v) is 12.2. The summed E-state index contributed by atoms with van der Waals surface area (Å²) in [5, 5.41) is 10.4. The minimum atomic E-state index is -0.0237. The minimum absolute atomic E-state index is 0.0237. The summed E-state index contributed by atoms with van der Waals surface area (Å²) in [5.74, 6) is 1.33. The van der Waals surface area contributed by atoms with Gasteiger partial charge in [-0.3, -0.25) is 9.89 Å². The predicted molar refractivity (Wildman–Crippen MR) is 75.6 cm³/mol. The molecule has 1 unspecified atom stereocenters. The van der Waals surface area contributed by atoms with E-state index < -0.39 is 0 Å². The summed E-state index contributed by atoms with van der Waals surface area (Å²) in [4.78, 5) is 18.9. The molecule has 0 spiro atoms. The summed E-state index contributed by atoms with van der Waals surface area (Å²) < 4.78 is 0. The molecule has 110 valence electrons. The van der Waals surface area contributed by atoms with Crippen LogP contribution in [0.2, 0.25) is 0 Å². The second-order valence-electron chi connectivity index (χ2n) is 6.18. The third-order valence-electron chi connectivity index (χ3n) is 4.07. The van der Waals surface area contributed by atoms with Crippen molar-refractivity contribution in [3.8, 4) is 0 Å². The lowest BCUT2D eigenvalue weighted by Crippen LogP contribution is -2.42. The van der Waals surface area contributed by atoms with Gasteiger partial charge in [-0.2, -0.15) is 0 Å². The Bertz CT molecular complexity index is 474. The van der Waals surface area contributed by atoms with Crippen LogP contribution in [-0.2, 0) is 0 Å². The smallest absolute Gasteiger partial charge is 0.293 e. The number of amides is 1. The van der Waals surface area contributed by atoms with Gasteiger partial charge in [0.15, 0.2) is 0 Å². The number of nitrogens with zero attached hydrogens (tertiary/aromatic N) is 3. The SMILES string of the molecule is CC(C)c1nc(C(=O)N(CC2CCCN2)C2CC2)n[nH]1. The van der Waals surface area contributed by atoms with Gasteiger partial charge in [-0.15, -0.1) is 5.10 Å². The van der Waals surface area contributed by atoms with E-state index in [0.29, 0.717) is 17.9 Å². The van der Waals surface area contributed by atoms with E-state index in [-0.39, 0.29) is 11.8 Å². The average Bonchev–Trinajstić information content (AvgIpc) is 2.95. The molecule has 1 amide bonds. The lowest BCUT2D eigenvalue weighted by Gasteiger charge is -2.24. The van der Waals surface area contributed by atoms with Crippen molar-refractivity contribution in [3.05, 3.63) is 11.6 Å². The van der Waals surface area contributed by atoms with Gasteiger partial charge in [0.1, 0.15) is 5.82 Å². The molecule has 1 atom stereocenters. The van der Waals surface area contributed by atoms with E-state index in [9.17, 15) is 4.79 Å². The highest BCUT2D eigenvalue weighted by molar-refractivity contribution is 5.90. The summed E-state index contributed by atoms with van der Waals surface area (Å²) in [5.41, 5.74) is 0. The van der Waals surface area contributed by atoms with E-state index >= 15 is 0 Å². The highest BCUT2D eigenvalue weighted by atomic mass is 16.2. The Kier molecular flexibility index (Phi) is 3.74. The molecule has 2 N–H and O–H groups in total. The lowest BCUT2D eigenvalue weighted by molar-refractivity contribution is 0.0716. The molecule has 2 fully saturated rings. The number of H-pyrrole nitrogens is 1. The zero-order chi connectivity index (χ0) is 14.1. The number of nitrogens with one attached hydrogen (secondary N) is 2. The summed E-state index contributed by atoms with van der Waals surface area (Å²) in [6.07, 6.45) is 4.58. The van der Waals surface area contributed by atoms with Crippen LogP contribution in [0.4, 0.5) is 0 Å². The quantitative estimate of drug-likeness (QED) is 0.850. The Hall–Kier alpha value is -1.43. The zero-order valence-electron chi connectivity index (χ0n) is 12.2. The molecule has 6 nitrogen and oxygen atoms in total. The second-order valence-corrected chi connectivity index (χ2v) is 6.18. The van der Waals surface area contributed by atoms with E-state index in [0.717, 1.165) is 38.2 Å². The summed E-state index contributed by atoms with van der Waals surface area (Å²) in [7, 11) is 0. The molecule has 1 aromatic heterocycles. The van der Waals surface area contributed by atoms with Crippen molar-refractivity contribution in [3.63, 3.8) is 0 Å². The molecule has 6 heteroatoms. The fraction of sp³-hybridized carbons (Fsp3) is 0.786. The molecule has 1 aromatic rings. The molecule has 3 rings (SSSR count). The molecule has 1 aliphatic carbocycles. The number of carbonyl (C=O) groups is 1. The Morgan fingerprint density at radius 2 is 2.20 bits per heavy atom. The maximum Gasteiger partial charge on any atom is 0.293 e. The molecule has 0 radical (unpaired) electrons. The first-order valence-corrected chi connectivity index (χ1v) is 7.62. The first-order chi connectivity index (χ1) is 9.65. The number of aromatic amines is 1. The van der Waals surface area contributed by atoms with Crippen molar-refractivity contribution >= 4 is 5.91 Å². The topological polar surface area (TPSA) is 73.9 Å². The molecule has 1 saturated carbocycles. The monoisotopic (exact) mass is 277 g/mol. The molecule has 2 heterocycles. The van der Waals surface area contributed by atoms with Gasteiger partial charge < -0.3 is 10.2 Å². The van der Waals surface area contributed by atoms with Gasteiger partial charge in [-0.25, -0.2) is 4.98 Å². The van der Waals surface area contributed by atoms with Crippen LogP contribution in [0.25, 0.3) is 0 Å². The Labute approximate surface area is 119 Å². The van der Waals surface area contributed by atoms with Crippen LogP contribution >= 0.6 is 0 Å². The Morgan fingerprint density at radius 3 is 2.75 bits per heavy atom. The van der Waals surface area contributed by atoms with Gasteiger partial charge in [0.25, 0.3) is 5.91 Å². The molecule has 1 aliphatic heterocycles. The molecule has 20 heavy (non-hydrogen) atoms. The van der Waals surface area contributed by atoms with Crippen LogP contribution < -0.4 is 5.32 Å². The number of hydrogen-bond donors (Lipinski definition) is 2. The average molecular weight is 277 g/mol. The van der Waals surface area contributed by atoms with Crippen LogP contribution in [0.5, 0.6) is 0 Å². The van der Waals surface area contributed by atoms with E-state index in [1.54, 1.807) is 0 Å². The van der Waals surface area contributed by atoms with Crippen LogP contribution in [0.3, 0.4) is 0 Å². The van der Waals surface area contributed by atoms with Gasteiger partial charge in [0, 0.05) is 24.5 Å². The highest BCUT2D eigenvalue weighted by Crippen LogP contribution is 2.28. The predicted octanol–water partition coefficient (Wildman–Crippen LogP) is 1.28.